The van der Waals surface area contributed by atoms with E-state index in [4.69, 9.17) is 9.84 Å². The minimum Gasteiger partial charge on any atom is -0.478 e. The quantitative estimate of drug-likeness (QED) is 0.911. The number of aromatic carboxylic acids is 1. The van der Waals surface area contributed by atoms with Gasteiger partial charge in [0.15, 0.2) is 0 Å². The maximum Gasteiger partial charge on any atom is 0.335 e. The molecule has 0 saturated carbocycles. The number of piperidine rings is 1. The maximum atomic E-state index is 12.5. The van der Waals surface area contributed by atoms with E-state index in [2.05, 4.69) is 4.98 Å². The number of aromatic nitrogens is 1. The van der Waals surface area contributed by atoms with Crippen LogP contribution in [0.5, 0.6) is 11.5 Å². The van der Waals surface area contributed by atoms with Crippen LogP contribution in [0, 0.1) is 0 Å². The van der Waals surface area contributed by atoms with Crippen LogP contribution in [0.2, 0.25) is 0 Å². The molecule has 2 amide bonds. The largest absolute Gasteiger partial charge is 0.478 e. The number of ether oxygens (including phenoxy) is 1. The van der Waals surface area contributed by atoms with E-state index in [0.29, 0.717) is 23.9 Å². The highest BCUT2D eigenvalue weighted by Crippen LogP contribution is 2.30. The summed E-state index contributed by atoms with van der Waals surface area (Å²) in [6, 6.07) is 10.1. The first-order valence-corrected chi connectivity index (χ1v) is 8.67. The van der Waals surface area contributed by atoms with E-state index in [-0.39, 0.29) is 17.6 Å². The lowest BCUT2D eigenvalue weighted by Gasteiger charge is -2.27. The molecule has 0 radical (unpaired) electrons. The molecule has 2 saturated heterocycles. The maximum absolute atomic E-state index is 12.5. The lowest BCUT2D eigenvalue weighted by atomic mass is 10.0. The van der Waals surface area contributed by atoms with Gasteiger partial charge in [0.25, 0.3) is 0 Å². The van der Waals surface area contributed by atoms with E-state index in [1.807, 2.05) is 4.90 Å². The average Bonchev–Trinajstić information content (AvgIpc) is 3.00. The van der Waals surface area contributed by atoms with E-state index in [9.17, 15) is 9.59 Å². The number of hydrogen-bond acceptors (Lipinski definition) is 4. The Balaban J connectivity index is 1.48. The highest BCUT2D eigenvalue weighted by atomic mass is 16.5. The molecule has 0 aliphatic carbocycles. The molecule has 4 rings (SSSR count). The number of anilines is 1. The van der Waals surface area contributed by atoms with Crippen LogP contribution in [0.3, 0.4) is 0 Å². The fourth-order valence-corrected chi connectivity index (χ4v) is 3.50. The van der Waals surface area contributed by atoms with E-state index in [1.165, 1.54) is 12.1 Å². The van der Waals surface area contributed by atoms with Crippen LogP contribution < -0.4 is 9.64 Å². The average molecular weight is 353 g/mol. The molecule has 2 aromatic rings. The van der Waals surface area contributed by atoms with Gasteiger partial charge in [0.1, 0.15) is 17.3 Å². The predicted octanol–water partition coefficient (Wildman–Crippen LogP) is 3.37. The zero-order valence-corrected chi connectivity index (χ0v) is 14.2. The molecule has 2 aliphatic rings. The Morgan fingerprint density at radius 3 is 2.81 bits per heavy atom. The summed E-state index contributed by atoms with van der Waals surface area (Å²) in [4.78, 5) is 31.6. The van der Waals surface area contributed by atoms with Crippen molar-refractivity contribution in [1.82, 2.24) is 9.88 Å². The van der Waals surface area contributed by atoms with E-state index in [1.54, 1.807) is 35.4 Å². The normalized spacial score (nSPS) is 19.4. The first-order valence-electron chi connectivity index (χ1n) is 8.67. The van der Waals surface area contributed by atoms with Gasteiger partial charge in [0.05, 0.1) is 17.8 Å². The van der Waals surface area contributed by atoms with E-state index in [0.717, 1.165) is 25.8 Å². The summed E-state index contributed by atoms with van der Waals surface area (Å²) in [6.45, 7) is 1.49. The van der Waals surface area contributed by atoms with Gasteiger partial charge in [-0.2, -0.15) is 0 Å². The summed E-state index contributed by atoms with van der Waals surface area (Å²) in [5, 5.41) is 9.04. The minimum absolute atomic E-state index is 0.0185. The van der Waals surface area contributed by atoms with Crippen LogP contribution in [-0.4, -0.2) is 46.1 Å². The first-order chi connectivity index (χ1) is 12.6. The Morgan fingerprint density at radius 2 is 2.08 bits per heavy atom. The highest BCUT2D eigenvalue weighted by Gasteiger charge is 2.39. The smallest absolute Gasteiger partial charge is 0.335 e. The molecule has 1 aromatic carbocycles. The van der Waals surface area contributed by atoms with Crippen LogP contribution in [0.25, 0.3) is 0 Å². The number of carbonyl (C=O) groups is 2. The molecule has 1 aromatic heterocycles. The van der Waals surface area contributed by atoms with Crippen LogP contribution in [0.1, 0.15) is 29.6 Å². The van der Waals surface area contributed by atoms with Gasteiger partial charge in [0, 0.05) is 13.1 Å². The van der Waals surface area contributed by atoms with Crippen molar-refractivity contribution in [3.8, 4) is 11.5 Å². The number of benzene rings is 1. The van der Waals surface area contributed by atoms with Crippen molar-refractivity contribution in [1.29, 1.82) is 0 Å². The second kappa shape index (κ2) is 6.67. The summed E-state index contributed by atoms with van der Waals surface area (Å²) in [5.41, 5.74) is 0.159. The lowest BCUT2D eigenvalue weighted by Crippen LogP contribution is -2.38. The van der Waals surface area contributed by atoms with Gasteiger partial charge >= 0.3 is 12.0 Å². The van der Waals surface area contributed by atoms with Crippen molar-refractivity contribution in [2.24, 2.45) is 0 Å². The number of hydrogen-bond donors (Lipinski definition) is 1. The fourth-order valence-electron chi connectivity index (χ4n) is 3.50. The third-order valence-electron chi connectivity index (χ3n) is 4.81. The molecule has 134 valence electrons. The molecule has 2 aliphatic heterocycles. The van der Waals surface area contributed by atoms with Gasteiger partial charge in [-0.05, 0) is 49.6 Å². The van der Waals surface area contributed by atoms with E-state index >= 15 is 0 Å². The van der Waals surface area contributed by atoms with Gasteiger partial charge in [-0.3, -0.25) is 4.90 Å². The number of carboxylic acids is 1. The van der Waals surface area contributed by atoms with Gasteiger partial charge in [-0.1, -0.05) is 6.07 Å². The molecule has 7 heteroatoms. The summed E-state index contributed by atoms with van der Waals surface area (Å²) >= 11 is 0. The third kappa shape index (κ3) is 3.08. The lowest BCUT2D eigenvalue weighted by molar-refractivity contribution is 0.0696. The Labute approximate surface area is 150 Å². The van der Waals surface area contributed by atoms with Crippen molar-refractivity contribution in [3.63, 3.8) is 0 Å². The number of carbonyl (C=O) groups excluding carboxylic acids is 1. The second-order valence-corrected chi connectivity index (χ2v) is 6.52. The summed E-state index contributed by atoms with van der Waals surface area (Å²) in [6.07, 6.45) is 4.82. The minimum atomic E-state index is -1.01. The van der Waals surface area contributed by atoms with Crippen LogP contribution in [0.4, 0.5) is 10.6 Å². The Morgan fingerprint density at radius 1 is 1.19 bits per heavy atom. The number of amides is 2. The van der Waals surface area contributed by atoms with E-state index < -0.39 is 5.97 Å². The SMILES string of the molecule is O=C(O)c1cccc(Oc2ccc(N3C[C@@H]4CCCCN4C3=O)nc2)c1. The van der Waals surface area contributed by atoms with Gasteiger partial charge < -0.3 is 14.7 Å². The van der Waals surface area contributed by atoms with Gasteiger partial charge in [0.2, 0.25) is 0 Å². The fraction of sp³-hybridized carbons (Fsp3) is 0.316. The molecular weight excluding hydrogens is 334 g/mol. The zero-order chi connectivity index (χ0) is 18.1. The number of carboxylic acid groups (broad SMARTS) is 1. The number of urea groups is 1. The number of rotatable bonds is 4. The third-order valence-corrected chi connectivity index (χ3v) is 4.81. The summed E-state index contributed by atoms with van der Waals surface area (Å²) in [7, 11) is 0. The summed E-state index contributed by atoms with van der Waals surface area (Å²) in [5.74, 6) is 0.512. The van der Waals surface area contributed by atoms with Crippen molar-refractivity contribution in [2.75, 3.05) is 18.0 Å². The van der Waals surface area contributed by atoms with Crippen LogP contribution >= 0.6 is 0 Å². The monoisotopic (exact) mass is 353 g/mol. The molecular formula is C19H19N3O4. The predicted molar refractivity (Wildman–Crippen MR) is 94.8 cm³/mol. The van der Waals surface area contributed by atoms with Gasteiger partial charge in [-0.25, -0.2) is 14.6 Å². The standard InChI is InChI=1S/C19H19N3O4/c23-18(24)13-4-3-6-15(10-13)26-16-7-8-17(20-11-16)22-12-14-5-1-2-9-21(14)19(22)25/h3-4,6-8,10-11,14H,1-2,5,9,12H2,(H,23,24)/t14-/m0/s1. The Hall–Kier alpha value is -3.09. The Bertz CT molecular complexity index is 837. The molecule has 3 heterocycles. The molecule has 1 atom stereocenters. The van der Waals surface area contributed by atoms with Crippen LogP contribution in [0.15, 0.2) is 42.6 Å². The highest BCUT2D eigenvalue weighted by molar-refractivity contribution is 5.93. The van der Waals surface area contributed by atoms with Crippen molar-refractivity contribution in [2.45, 2.75) is 25.3 Å². The first kappa shape index (κ1) is 16.4. The van der Waals surface area contributed by atoms with Gasteiger partial charge in [-0.15, -0.1) is 0 Å². The molecule has 1 N–H and O–H groups in total. The molecule has 0 unspecified atom stereocenters. The Kier molecular flexibility index (Phi) is 4.20. The number of fused-ring (bicyclic) bond motifs is 1. The number of pyridine rings is 1. The second-order valence-electron chi connectivity index (χ2n) is 6.52. The van der Waals surface area contributed by atoms with Crippen LogP contribution in [-0.2, 0) is 0 Å². The molecule has 0 spiro atoms. The van der Waals surface area contributed by atoms with Crippen molar-refractivity contribution >= 4 is 17.8 Å². The summed E-state index contributed by atoms with van der Waals surface area (Å²) < 4.78 is 5.67. The van der Waals surface area contributed by atoms with Crippen molar-refractivity contribution in [3.05, 3.63) is 48.2 Å². The molecule has 26 heavy (non-hydrogen) atoms. The topological polar surface area (TPSA) is 83.0 Å². The van der Waals surface area contributed by atoms with Crippen molar-refractivity contribution < 1.29 is 19.4 Å². The number of nitrogens with zero attached hydrogens (tertiary/aromatic N) is 3. The zero-order valence-electron chi connectivity index (χ0n) is 14.2. The molecule has 7 nitrogen and oxygen atoms in total. The molecule has 0 bridgehead atoms. The molecule has 2 fully saturated rings.